The van der Waals surface area contributed by atoms with Crippen molar-refractivity contribution < 1.29 is 32.2 Å². The van der Waals surface area contributed by atoms with Crippen LogP contribution in [0.5, 0.6) is 17.2 Å². The lowest BCUT2D eigenvalue weighted by Crippen LogP contribution is -2.52. The molecular formula is C31H36Cl3N3O7S. The van der Waals surface area contributed by atoms with Crippen molar-refractivity contribution >= 4 is 62.3 Å². The number of amides is 2. The van der Waals surface area contributed by atoms with Crippen LogP contribution in [0.25, 0.3) is 0 Å². The molecule has 0 fully saturated rings. The highest BCUT2D eigenvalue weighted by atomic mass is 35.5. The molecule has 3 rings (SSSR count). The highest BCUT2D eigenvalue weighted by Gasteiger charge is 2.35. The first-order chi connectivity index (χ1) is 21.3. The van der Waals surface area contributed by atoms with Gasteiger partial charge in [0.1, 0.15) is 18.3 Å². The van der Waals surface area contributed by atoms with Crippen molar-refractivity contribution in [3.63, 3.8) is 0 Å². The molecule has 45 heavy (non-hydrogen) atoms. The first-order valence-electron chi connectivity index (χ1n) is 13.9. The number of sulfonamides is 1. The van der Waals surface area contributed by atoms with Crippen LogP contribution in [0.15, 0.2) is 59.5 Å². The minimum Gasteiger partial charge on any atom is -0.495 e. The van der Waals surface area contributed by atoms with E-state index in [1.807, 2.05) is 13.8 Å². The number of hydrogen-bond acceptors (Lipinski definition) is 7. The standard InChI is InChI=1S/C31H36Cl3N3O7S/c1-7-19(2)35-31(39)20(3)36(17-23-24(33)9-8-10-25(23)34)30(38)18-37(26-15-21(32)11-13-27(26)42-4)45(40,41)22-12-14-28(43-5)29(16-22)44-6/h8-16,19-20H,7,17-18H2,1-6H3,(H,35,39)/t19-,20-/m1/s1. The summed E-state index contributed by atoms with van der Waals surface area (Å²) in [6, 6.07) is 12.1. The molecule has 14 heteroatoms. The normalized spacial score (nSPS) is 12.6. The van der Waals surface area contributed by atoms with Crippen molar-refractivity contribution in [1.29, 1.82) is 0 Å². The number of hydrogen-bond donors (Lipinski definition) is 1. The molecule has 0 aliphatic rings. The molecule has 0 aromatic heterocycles. The summed E-state index contributed by atoms with van der Waals surface area (Å²) in [6.07, 6.45) is 0.661. The van der Waals surface area contributed by atoms with Gasteiger partial charge in [-0.2, -0.15) is 0 Å². The van der Waals surface area contributed by atoms with Crippen LogP contribution in [0.4, 0.5) is 5.69 Å². The summed E-state index contributed by atoms with van der Waals surface area (Å²) >= 11 is 19.2. The molecule has 0 bridgehead atoms. The van der Waals surface area contributed by atoms with Crippen molar-refractivity contribution in [3.8, 4) is 17.2 Å². The van der Waals surface area contributed by atoms with E-state index in [4.69, 9.17) is 49.0 Å². The van der Waals surface area contributed by atoms with Gasteiger partial charge >= 0.3 is 0 Å². The molecular weight excluding hydrogens is 665 g/mol. The van der Waals surface area contributed by atoms with Crippen molar-refractivity contribution in [2.45, 2.75) is 50.7 Å². The van der Waals surface area contributed by atoms with E-state index in [1.54, 1.807) is 25.1 Å². The van der Waals surface area contributed by atoms with Crippen LogP contribution >= 0.6 is 34.8 Å². The van der Waals surface area contributed by atoms with Gasteiger partial charge in [-0.15, -0.1) is 0 Å². The Hall–Kier alpha value is -3.38. The van der Waals surface area contributed by atoms with Crippen molar-refractivity contribution in [2.75, 3.05) is 32.2 Å². The average molecular weight is 701 g/mol. The number of nitrogens with one attached hydrogen (secondary N) is 1. The van der Waals surface area contributed by atoms with Gasteiger partial charge < -0.3 is 24.4 Å². The molecule has 3 aromatic carbocycles. The third kappa shape index (κ3) is 8.46. The molecule has 0 saturated carbocycles. The number of halogens is 3. The first-order valence-corrected chi connectivity index (χ1v) is 16.5. The topological polar surface area (TPSA) is 114 Å². The summed E-state index contributed by atoms with van der Waals surface area (Å²) in [5.74, 6) is -0.546. The van der Waals surface area contributed by atoms with Crippen LogP contribution in [0.3, 0.4) is 0 Å². The van der Waals surface area contributed by atoms with Crippen molar-refractivity contribution in [3.05, 3.63) is 75.2 Å². The largest absolute Gasteiger partial charge is 0.495 e. The number of carbonyl (C=O) groups is 2. The molecule has 244 valence electrons. The van der Waals surface area contributed by atoms with E-state index < -0.39 is 34.4 Å². The Labute approximate surface area is 279 Å². The molecule has 0 unspecified atom stereocenters. The van der Waals surface area contributed by atoms with Gasteiger partial charge in [-0.3, -0.25) is 13.9 Å². The van der Waals surface area contributed by atoms with E-state index in [0.717, 1.165) is 4.31 Å². The van der Waals surface area contributed by atoms with Crippen LogP contribution in [0.2, 0.25) is 15.1 Å². The number of methoxy groups -OCH3 is 3. The van der Waals surface area contributed by atoms with Gasteiger partial charge in [-0.1, -0.05) is 47.8 Å². The minimum absolute atomic E-state index is 0.000528. The van der Waals surface area contributed by atoms with Crippen molar-refractivity contribution in [1.82, 2.24) is 10.2 Å². The fraction of sp³-hybridized carbons (Fsp3) is 0.355. The lowest BCUT2D eigenvalue weighted by molar-refractivity contribution is -0.139. The van der Waals surface area contributed by atoms with E-state index in [1.165, 1.54) is 62.6 Å². The van der Waals surface area contributed by atoms with Gasteiger partial charge in [0.2, 0.25) is 11.8 Å². The summed E-state index contributed by atoms with van der Waals surface area (Å²) < 4.78 is 45.6. The van der Waals surface area contributed by atoms with Gasteiger partial charge in [-0.05, 0) is 62.7 Å². The van der Waals surface area contributed by atoms with E-state index in [-0.39, 0.29) is 49.7 Å². The summed E-state index contributed by atoms with van der Waals surface area (Å²) in [6.45, 7) is 4.38. The van der Waals surface area contributed by atoms with E-state index in [9.17, 15) is 18.0 Å². The molecule has 2 atom stereocenters. The summed E-state index contributed by atoms with van der Waals surface area (Å²) in [4.78, 5) is 28.6. The zero-order valence-electron chi connectivity index (χ0n) is 25.8. The van der Waals surface area contributed by atoms with Gasteiger partial charge in [-0.25, -0.2) is 8.42 Å². The zero-order chi connectivity index (χ0) is 33.5. The number of carbonyl (C=O) groups excluding carboxylic acids is 2. The van der Waals surface area contributed by atoms with Crippen LogP contribution in [0.1, 0.15) is 32.8 Å². The second-order valence-electron chi connectivity index (χ2n) is 10.1. The zero-order valence-corrected chi connectivity index (χ0v) is 28.9. The van der Waals surface area contributed by atoms with Gasteiger partial charge in [0.15, 0.2) is 11.5 Å². The van der Waals surface area contributed by atoms with Crippen LogP contribution in [-0.4, -0.2) is 65.1 Å². The third-order valence-electron chi connectivity index (χ3n) is 7.19. The molecule has 2 amide bonds. The summed E-state index contributed by atoms with van der Waals surface area (Å²) in [7, 11) is -0.328. The molecule has 0 radical (unpaired) electrons. The maximum atomic E-state index is 14.3. The molecule has 1 N–H and O–H groups in total. The Balaban J connectivity index is 2.18. The summed E-state index contributed by atoms with van der Waals surface area (Å²) in [5.41, 5.74) is 0.396. The summed E-state index contributed by atoms with van der Waals surface area (Å²) in [5, 5.41) is 3.63. The number of benzene rings is 3. The second kappa shape index (κ2) is 15.8. The van der Waals surface area contributed by atoms with E-state index in [0.29, 0.717) is 17.7 Å². The van der Waals surface area contributed by atoms with E-state index >= 15 is 0 Å². The smallest absolute Gasteiger partial charge is 0.265 e. The predicted molar refractivity (Wildman–Crippen MR) is 176 cm³/mol. The Kier molecular flexibility index (Phi) is 12.6. The highest BCUT2D eigenvalue weighted by Crippen LogP contribution is 2.37. The van der Waals surface area contributed by atoms with Crippen molar-refractivity contribution in [2.24, 2.45) is 0 Å². The average Bonchev–Trinajstić information content (AvgIpc) is 3.02. The molecule has 10 nitrogen and oxygen atoms in total. The third-order valence-corrected chi connectivity index (χ3v) is 9.89. The SMILES string of the molecule is CC[C@@H](C)NC(=O)[C@@H](C)N(Cc1c(Cl)cccc1Cl)C(=O)CN(c1cc(Cl)ccc1OC)S(=O)(=O)c1ccc(OC)c(OC)c1. The lowest BCUT2D eigenvalue weighted by atomic mass is 10.1. The Morgan fingerprint density at radius 3 is 2.04 bits per heavy atom. The maximum absolute atomic E-state index is 14.3. The molecule has 0 aliphatic heterocycles. The van der Waals surface area contributed by atoms with Crippen LogP contribution in [0, 0.1) is 0 Å². The minimum atomic E-state index is -4.49. The fourth-order valence-electron chi connectivity index (χ4n) is 4.38. The maximum Gasteiger partial charge on any atom is 0.265 e. The van der Waals surface area contributed by atoms with Gasteiger partial charge in [0.05, 0.1) is 31.9 Å². The number of rotatable bonds is 14. The Morgan fingerprint density at radius 2 is 1.47 bits per heavy atom. The lowest BCUT2D eigenvalue weighted by Gasteiger charge is -2.33. The molecule has 0 heterocycles. The van der Waals surface area contributed by atoms with Gasteiger partial charge in [0, 0.05) is 39.3 Å². The Bertz CT molecular complexity index is 1620. The molecule has 3 aromatic rings. The number of nitrogens with zero attached hydrogens (tertiary/aromatic N) is 2. The number of ether oxygens (including phenoxy) is 3. The van der Waals surface area contributed by atoms with E-state index in [2.05, 4.69) is 5.32 Å². The first kappa shape index (κ1) is 36.1. The fourth-order valence-corrected chi connectivity index (χ4v) is 6.49. The van der Waals surface area contributed by atoms with Crippen LogP contribution in [-0.2, 0) is 26.2 Å². The molecule has 0 aliphatic carbocycles. The monoisotopic (exact) mass is 699 g/mol. The second-order valence-corrected chi connectivity index (χ2v) is 13.2. The number of anilines is 1. The highest BCUT2D eigenvalue weighted by molar-refractivity contribution is 7.92. The Morgan fingerprint density at radius 1 is 0.867 bits per heavy atom. The molecule has 0 spiro atoms. The molecule has 0 saturated heterocycles. The van der Waals surface area contributed by atoms with Gasteiger partial charge in [0.25, 0.3) is 10.0 Å². The predicted octanol–water partition coefficient (Wildman–Crippen LogP) is 6.20. The van der Waals surface area contributed by atoms with Crippen LogP contribution < -0.4 is 23.8 Å². The quantitative estimate of drug-likeness (QED) is 0.213.